The van der Waals surface area contributed by atoms with Gasteiger partial charge in [0.05, 0.1) is 18.8 Å². The fraction of sp³-hybridized carbons (Fsp3) is 0.565. The first-order chi connectivity index (χ1) is 15.3. The lowest BCUT2D eigenvalue weighted by Gasteiger charge is -2.37. The van der Waals surface area contributed by atoms with Crippen molar-refractivity contribution in [2.24, 2.45) is 4.99 Å². The lowest BCUT2D eigenvalue weighted by molar-refractivity contribution is 0.167. The third kappa shape index (κ3) is 6.35. The largest absolute Gasteiger partial charge is 0.497 e. The molecule has 1 unspecified atom stereocenters. The van der Waals surface area contributed by atoms with E-state index in [4.69, 9.17) is 9.26 Å². The van der Waals surface area contributed by atoms with Gasteiger partial charge >= 0.3 is 0 Å². The molecule has 8 nitrogen and oxygen atoms in total. The molecule has 2 fully saturated rings. The quantitative estimate of drug-likeness (QED) is 0.321. The van der Waals surface area contributed by atoms with Gasteiger partial charge in [-0.15, -0.1) is 24.0 Å². The number of aliphatic imine (C=N–C) groups is 1. The molecule has 0 bridgehead atoms. The highest BCUT2D eigenvalue weighted by Gasteiger charge is 2.26. The number of aromatic nitrogens is 1. The first-order valence-electron chi connectivity index (χ1n) is 11.2. The third-order valence-electron chi connectivity index (χ3n) is 6.27. The van der Waals surface area contributed by atoms with Crippen molar-refractivity contribution >= 4 is 29.9 Å². The highest BCUT2D eigenvalue weighted by molar-refractivity contribution is 14.0. The minimum Gasteiger partial charge on any atom is -0.497 e. The summed E-state index contributed by atoms with van der Waals surface area (Å²) in [5.41, 5.74) is 2.28. The average Bonchev–Trinajstić information content (AvgIpc) is 3.52. The minimum atomic E-state index is 0. The van der Waals surface area contributed by atoms with Gasteiger partial charge in [-0.05, 0) is 43.6 Å². The maximum absolute atomic E-state index is 5.47. The van der Waals surface area contributed by atoms with Gasteiger partial charge in [-0.1, -0.05) is 17.3 Å². The number of guanidine groups is 1. The summed E-state index contributed by atoms with van der Waals surface area (Å²) in [6.07, 6.45) is 4.17. The molecule has 2 aliphatic heterocycles. The van der Waals surface area contributed by atoms with Crippen LogP contribution in [0.2, 0.25) is 0 Å². The molecule has 2 aliphatic rings. The molecule has 3 heterocycles. The van der Waals surface area contributed by atoms with Crippen molar-refractivity contribution in [3.8, 4) is 5.75 Å². The van der Waals surface area contributed by atoms with Crippen molar-refractivity contribution in [1.82, 2.24) is 25.2 Å². The van der Waals surface area contributed by atoms with Crippen molar-refractivity contribution in [2.75, 3.05) is 60.0 Å². The van der Waals surface area contributed by atoms with Gasteiger partial charge in [0.25, 0.3) is 0 Å². The molecular formula is C23H35IN6O2. The molecule has 0 spiro atoms. The van der Waals surface area contributed by atoms with Crippen LogP contribution in [0.25, 0.3) is 0 Å². The number of hydrogen-bond donors (Lipinski definition) is 1. The molecule has 0 radical (unpaired) electrons. The van der Waals surface area contributed by atoms with E-state index in [1.54, 1.807) is 13.4 Å². The Morgan fingerprint density at radius 3 is 2.59 bits per heavy atom. The molecular weight excluding hydrogens is 519 g/mol. The second kappa shape index (κ2) is 12.4. The summed E-state index contributed by atoms with van der Waals surface area (Å²) in [5, 5.41) is 7.69. The lowest BCUT2D eigenvalue weighted by atomic mass is 10.1. The predicted molar refractivity (Wildman–Crippen MR) is 137 cm³/mol. The molecule has 2 aromatic rings. The maximum Gasteiger partial charge on any atom is 0.193 e. The fourth-order valence-electron chi connectivity index (χ4n) is 4.55. The monoisotopic (exact) mass is 554 g/mol. The zero-order valence-electron chi connectivity index (χ0n) is 19.1. The molecule has 0 aliphatic carbocycles. The fourth-order valence-corrected chi connectivity index (χ4v) is 4.55. The number of nitrogens with one attached hydrogen (secondary N) is 1. The van der Waals surface area contributed by atoms with Crippen LogP contribution < -0.4 is 10.1 Å². The highest BCUT2D eigenvalue weighted by atomic mass is 127. The van der Waals surface area contributed by atoms with Crippen molar-refractivity contribution in [3.05, 3.63) is 47.9 Å². The van der Waals surface area contributed by atoms with Crippen LogP contribution in [0.3, 0.4) is 0 Å². The third-order valence-corrected chi connectivity index (χ3v) is 6.27. The Kier molecular flexibility index (Phi) is 9.61. The van der Waals surface area contributed by atoms with Gasteiger partial charge in [0.1, 0.15) is 12.0 Å². The van der Waals surface area contributed by atoms with Crippen LogP contribution >= 0.6 is 24.0 Å². The Morgan fingerprint density at radius 1 is 1.16 bits per heavy atom. The Labute approximate surface area is 208 Å². The van der Waals surface area contributed by atoms with E-state index in [9.17, 15) is 0 Å². The van der Waals surface area contributed by atoms with E-state index in [1.165, 1.54) is 18.4 Å². The number of hydrogen-bond acceptors (Lipinski definition) is 6. The van der Waals surface area contributed by atoms with Crippen molar-refractivity contribution in [3.63, 3.8) is 0 Å². The predicted octanol–water partition coefficient (Wildman–Crippen LogP) is 2.83. The number of ether oxygens (including phenoxy) is 1. The van der Waals surface area contributed by atoms with E-state index in [0.717, 1.165) is 69.8 Å². The smallest absolute Gasteiger partial charge is 0.193 e. The molecule has 1 aromatic carbocycles. The summed E-state index contributed by atoms with van der Waals surface area (Å²) in [6, 6.07) is 10.7. The molecule has 1 N–H and O–H groups in total. The number of likely N-dealkylation sites (tertiary alicyclic amines) is 1. The van der Waals surface area contributed by atoms with Crippen molar-refractivity contribution < 1.29 is 9.26 Å². The number of nitrogens with zero attached hydrogens (tertiary/aromatic N) is 5. The maximum atomic E-state index is 5.47. The summed E-state index contributed by atoms with van der Waals surface area (Å²) >= 11 is 0. The molecule has 1 aromatic heterocycles. The Balaban J connectivity index is 0.00000289. The van der Waals surface area contributed by atoms with E-state index < -0.39 is 0 Å². The topological polar surface area (TPSA) is 69.4 Å². The molecule has 0 amide bonds. The Morgan fingerprint density at radius 2 is 1.94 bits per heavy atom. The van der Waals surface area contributed by atoms with Gasteiger partial charge in [-0.2, -0.15) is 0 Å². The Bertz CT molecular complexity index is 833. The van der Waals surface area contributed by atoms with E-state index >= 15 is 0 Å². The van der Waals surface area contributed by atoms with Crippen LogP contribution in [-0.4, -0.2) is 85.8 Å². The molecule has 4 rings (SSSR count). The highest BCUT2D eigenvalue weighted by Crippen LogP contribution is 2.27. The zero-order chi connectivity index (χ0) is 21.5. The number of piperazine rings is 1. The molecule has 32 heavy (non-hydrogen) atoms. The second-order valence-corrected chi connectivity index (χ2v) is 8.22. The van der Waals surface area contributed by atoms with Crippen LogP contribution in [0.1, 0.15) is 30.1 Å². The van der Waals surface area contributed by atoms with E-state index in [-0.39, 0.29) is 24.0 Å². The van der Waals surface area contributed by atoms with Crippen LogP contribution in [0, 0.1) is 0 Å². The number of benzene rings is 1. The van der Waals surface area contributed by atoms with Crippen molar-refractivity contribution in [2.45, 2.75) is 25.4 Å². The number of halogens is 1. The SMILES string of the molecule is CN=C(NCC(c1cccc(OC)c1)N1CCCC1)N1CCN(Cc2ccon2)CC1.I. The molecule has 2 saturated heterocycles. The van der Waals surface area contributed by atoms with Gasteiger partial charge in [0, 0.05) is 52.4 Å². The first kappa shape index (κ1) is 24.8. The van der Waals surface area contributed by atoms with Crippen LogP contribution in [0.4, 0.5) is 0 Å². The average molecular weight is 554 g/mol. The normalized spacial score (nSPS) is 18.9. The zero-order valence-corrected chi connectivity index (χ0v) is 21.4. The van der Waals surface area contributed by atoms with E-state index in [1.807, 2.05) is 19.2 Å². The van der Waals surface area contributed by atoms with Gasteiger partial charge in [0.2, 0.25) is 0 Å². The standard InChI is InChI=1S/C23H34N6O2.HI/c1-24-23(29-13-11-27(12-14-29)18-20-8-15-31-26-20)25-17-22(28-9-3-4-10-28)19-6-5-7-21(16-19)30-2;/h5-8,15-16,22H,3-4,9-14,17-18H2,1-2H3,(H,24,25);1H. The van der Waals surface area contributed by atoms with Crippen LogP contribution in [0.5, 0.6) is 5.75 Å². The summed E-state index contributed by atoms with van der Waals surface area (Å²) in [6.45, 7) is 7.82. The number of rotatable bonds is 7. The summed E-state index contributed by atoms with van der Waals surface area (Å²) in [7, 11) is 3.60. The van der Waals surface area contributed by atoms with E-state index in [2.05, 4.69) is 48.4 Å². The molecule has 176 valence electrons. The van der Waals surface area contributed by atoms with E-state index in [0.29, 0.717) is 6.04 Å². The second-order valence-electron chi connectivity index (χ2n) is 8.22. The molecule has 9 heteroatoms. The Hall–Kier alpha value is -1.85. The van der Waals surface area contributed by atoms with Crippen LogP contribution in [0.15, 0.2) is 46.1 Å². The lowest BCUT2D eigenvalue weighted by Crippen LogP contribution is -2.53. The van der Waals surface area contributed by atoms with Crippen LogP contribution in [-0.2, 0) is 6.54 Å². The van der Waals surface area contributed by atoms with Gasteiger partial charge < -0.3 is 19.5 Å². The minimum absolute atomic E-state index is 0. The molecule has 0 saturated carbocycles. The van der Waals surface area contributed by atoms with Crippen molar-refractivity contribution in [1.29, 1.82) is 0 Å². The summed E-state index contributed by atoms with van der Waals surface area (Å²) in [4.78, 5) is 11.9. The van der Waals surface area contributed by atoms with Gasteiger partial charge in [-0.25, -0.2) is 0 Å². The van der Waals surface area contributed by atoms with Gasteiger partial charge in [-0.3, -0.25) is 14.8 Å². The molecule has 1 atom stereocenters. The van der Waals surface area contributed by atoms with Gasteiger partial charge in [0.15, 0.2) is 5.96 Å². The first-order valence-corrected chi connectivity index (χ1v) is 11.2. The number of methoxy groups -OCH3 is 1. The summed E-state index contributed by atoms with van der Waals surface area (Å²) < 4.78 is 10.4. The summed E-state index contributed by atoms with van der Waals surface area (Å²) in [5.74, 6) is 1.89.